The van der Waals surface area contributed by atoms with Crippen LogP contribution in [0.2, 0.25) is 5.02 Å². The maximum atomic E-state index is 12.3. The molecule has 3 aromatic rings. The van der Waals surface area contributed by atoms with Crippen LogP contribution in [0, 0.1) is 0 Å². The van der Waals surface area contributed by atoms with Gasteiger partial charge in [-0.2, -0.15) is 0 Å². The van der Waals surface area contributed by atoms with Gasteiger partial charge in [0.2, 0.25) is 10.0 Å². The molecule has 2 N–H and O–H groups in total. The van der Waals surface area contributed by atoms with E-state index in [2.05, 4.69) is 15.0 Å². The molecule has 0 bridgehead atoms. The molecule has 0 saturated heterocycles. The Balaban J connectivity index is 1.48. The fourth-order valence-corrected chi connectivity index (χ4v) is 3.84. The molecule has 152 valence electrons. The number of anilines is 1. The minimum Gasteiger partial charge on any atom is -0.471 e. The van der Waals surface area contributed by atoms with E-state index >= 15 is 0 Å². The van der Waals surface area contributed by atoms with Crippen molar-refractivity contribution >= 4 is 27.3 Å². The standard InChI is InChI=1S/C21H22ClN3O3S/c1-16(25-19-11-13-23-14-12-19)28-20-6-2-17(3-7-20)10-15-24-29(26,27)21-8-4-18(22)5-9-21/h2-9,11-14,16,24H,10,15H2,1H3,(H,23,25). The number of hydrogen-bond donors (Lipinski definition) is 2. The first kappa shape index (κ1) is 21.1. The van der Waals surface area contributed by atoms with Gasteiger partial charge in [0, 0.05) is 29.6 Å². The molecule has 0 spiro atoms. The van der Waals surface area contributed by atoms with E-state index < -0.39 is 10.0 Å². The molecule has 29 heavy (non-hydrogen) atoms. The van der Waals surface area contributed by atoms with Crippen LogP contribution in [-0.2, 0) is 16.4 Å². The number of halogens is 1. The van der Waals surface area contributed by atoms with E-state index in [1.807, 2.05) is 43.3 Å². The molecule has 1 atom stereocenters. The van der Waals surface area contributed by atoms with Gasteiger partial charge in [-0.15, -0.1) is 0 Å². The molecule has 0 amide bonds. The number of rotatable bonds is 9. The summed E-state index contributed by atoms with van der Waals surface area (Å²) in [4.78, 5) is 4.17. The SMILES string of the molecule is CC(Nc1ccncc1)Oc1ccc(CCNS(=O)(=O)c2ccc(Cl)cc2)cc1. The van der Waals surface area contributed by atoms with E-state index in [1.54, 1.807) is 24.5 Å². The lowest BCUT2D eigenvalue weighted by molar-refractivity contribution is 0.250. The quantitative estimate of drug-likeness (QED) is 0.499. The zero-order valence-corrected chi connectivity index (χ0v) is 17.5. The Kier molecular flexibility index (Phi) is 7.09. The molecule has 0 fully saturated rings. The van der Waals surface area contributed by atoms with Crippen molar-refractivity contribution in [3.05, 3.63) is 83.6 Å². The Morgan fingerprint density at radius 3 is 2.31 bits per heavy atom. The largest absolute Gasteiger partial charge is 0.471 e. The van der Waals surface area contributed by atoms with E-state index in [4.69, 9.17) is 16.3 Å². The Bertz CT molecular complexity index is 1010. The van der Waals surface area contributed by atoms with Gasteiger partial charge >= 0.3 is 0 Å². The van der Waals surface area contributed by atoms with Crippen LogP contribution in [0.5, 0.6) is 5.75 Å². The van der Waals surface area contributed by atoms with Crippen LogP contribution in [-0.4, -0.2) is 26.2 Å². The molecule has 0 saturated carbocycles. The Hall–Kier alpha value is -2.61. The lowest BCUT2D eigenvalue weighted by Gasteiger charge is -2.17. The summed E-state index contributed by atoms with van der Waals surface area (Å²) in [6.45, 7) is 2.21. The average Bonchev–Trinajstić information content (AvgIpc) is 2.70. The first-order valence-corrected chi connectivity index (χ1v) is 11.0. The Labute approximate surface area is 176 Å². The fraction of sp³-hybridized carbons (Fsp3) is 0.190. The summed E-state index contributed by atoms with van der Waals surface area (Å²) in [6, 6.07) is 17.4. The average molecular weight is 432 g/mol. The number of nitrogens with zero attached hydrogens (tertiary/aromatic N) is 1. The Morgan fingerprint density at radius 2 is 1.66 bits per heavy atom. The molecular formula is C21H22ClN3O3S. The molecule has 8 heteroatoms. The third kappa shape index (κ3) is 6.45. The van der Waals surface area contributed by atoms with Crippen molar-refractivity contribution in [2.45, 2.75) is 24.5 Å². The summed E-state index contributed by atoms with van der Waals surface area (Å²) >= 11 is 5.80. The molecule has 0 aliphatic rings. The van der Waals surface area contributed by atoms with Gasteiger partial charge in [-0.3, -0.25) is 4.98 Å². The first-order valence-electron chi connectivity index (χ1n) is 9.10. The molecule has 1 heterocycles. The second-order valence-corrected chi connectivity index (χ2v) is 8.59. The van der Waals surface area contributed by atoms with Gasteiger partial charge in [-0.1, -0.05) is 23.7 Å². The molecule has 0 radical (unpaired) electrons. The summed E-state index contributed by atoms with van der Waals surface area (Å²) in [6.07, 6.45) is 3.78. The molecule has 0 aliphatic heterocycles. The van der Waals surface area contributed by atoms with Gasteiger partial charge < -0.3 is 10.1 Å². The molecule has 2 aromatic carbocycles. The maximum absolute atomic E-state index is 12.3. The van der Waals surface area contributed by atoms with Crippen molar-refractivity contribution in [3.63, 3.8) is 0 Å². The Morgan fingerprint density at radius 1 is 1.00 bits per heavy atom. The van der Waals surface area contributed by atoms with E-state index in [9.17, 15) is 8.42 Å². The van der Waals surface area contributed by atoms with Crippen molar-refractivity contribution in [1.82, 2.24) is 9.71 Å². The predicted octanol–water partition coefficient (Wildman–Crippen LogP) is 4.09. The molecule has 1 aromatic heterocycles. The zero-order chi connectivity index (χ0) is 20.7. The van der Waals surface area contributed by atoms with Crippen molar-refractivity contribution in [2.75, 3.05) is 11.9 Å². The summed E-state index contributed by atoms with van der Waals surface area (Å²) in [5.41, 5.74) is 1.93. The number of hydrogen-bond acceptors (Lipinski definition) is 5. The number of nitrogens with one attached hydrogen (secondary N) is 2. The number of pyridine rings is 1. The molecular weight excluding hydrogens is 410 g/mol. The summed E-state index contributed by atoms with van der Waals surface area (Å²) in [7, 11) is -3.55. The maximum Gasteiger partial charge on any atom is 0.240 e. The fourth-order valence-electron chi connectivity index (χ4n) is 2.68. The normalized spacial score (nSPS) is 12.3. The van der Waals surface area contributed by atoms with Crippen molar-refractivity contribution in [1.29, 1.82) is 0 Å². The molecule has 1 unspecified atom stereocenters. The third-order valence-corrected chi connectivity index (χ3v) is 5.85. The van der Waals surface area contributed by atoms with Crippen LogP contribution in [0.4, 0.5) is 5.69 Å². The first-order chi connectivity index (χ1) is 13.9. The van der Waals surface area contributed by atoms with Gasteiger partial charge in [-0.05, 0) is 67.4 Å². The van der Waals surface area contributed by atoms with Crippen molar-refractivity contribution in [3.8, 4) is 5.75 Å². The van der Waals surface area contributed by atoms with Gasteiger partial charge in [0.05, 0.1) is 4.90 Å². The van der Waals surface area contributed by atoms with Crippen LogP contribution in [0.15, 0.2) is 78.0 Å². The van der Waals surface area contributed by atoms with E-state index in [0.717, 1.165) is 17.0 Å². The summed E-state index contributed by atoms with van der Waals surface area (Å²) < 4.78 is 33.0. The van der Waals surface area contributed by atoms with Crippen LogP contribution < -0.4 is 14.8 Å². The van der Waals surface area contributed by atoms with Crippen molar-refractivity contribution < 1.29 is 13.2 Å². The third-order valence-electron chi connectivity index (χ3n) is 4.12. The highest BCUT2D eigenvalue weighted by Crippen LogP contribution is 2.16. The smallest absolute Gasteiger partial charge is 0.240 e. The van der Waals surface area contributed by atoms with Crippen LogP contribution in [0.25, 0.3) is 0 Å². The highest BCUT2D eigenvalue weighted by atomic mass is 35.5. The van der Waals surface area contributed by atoms with Gasteiger partial charge in [0.15, 0.2) is 6.23 Å². The van der Waals surface area contributed by atoms with Gasteiger partial charge in [-0.25, -0.2) is 13.1 Å². The lowest BCUT2D eigenvalue weighted by Crippen LogP contribution is -2.26. The minimum atomic E-state index is -3.55. The van der Waals surface area contributed by atoms with Crippen LogP contribution >= 0.6 is 11.6 Å². The zero-order valence-electron chi connectivity index (χ0n) is 15.9. The highest BCUT2D eigenvalue weighted by molar-refractivity contribution is 7.89. The van der Waals surface area contributed by atoms with Crippen molar-refractivity contribution in [2.24, 2.45) is 0 Å². The second-order valence-electron chi connectivity index (χ2n) is 6.39. The monoisotopic (exact) mass is 431 g/mol. The number of ether oxygens (including phenoxy) is 1. The topological polar surface area (TPSA) is 80.3 Å². The van der Waals surface area contributed by atoms with Gasteiger partial charge in [0.1, 0.15) is 5.75 Å². The van der Waals surface area contributed by atoms with E-state index in [-0.39, 0.29) is 11.1 Å². The molecule has 3 rings (SSSR count). The summed E-state index contributed by atoms with van der Waals surface area (Å²) in [5.74, 6) is 0.726. The molecule has 0 aliphatic carbocycles. The van der Waals surface area contributed by atoms with Crippen LogP contribution in [0.3, 0.4) is 0 Å². The highest BCUT2D eigenvalue weighted by Gasteiger charge is 2.13. The second kappa shape index (κ2) is 9.73. The number of benzene rings is 2. The summed E-state index contributed by atoms with van der Waals surface area (Å²) in [5, 5.41) is 3.72. The molecule has 6 nitrogen and oxygen atoms in total. The number of sulfonamides is 1. The predicted molar refractivity (Wildman–Crippen MR) is 115 cm³/mol. The number of aromatic nitrogens is 1. The lowest BCUT2D eigenvalue weighted by atomic mass is 10.1. The van der Waals surface area contributed by atoms with E-state index in [0.29, 0.717) is 18.0 Å². The minimum absolute atomic E-state index is 0.196. The van der Waals surface area contributed by atoms with Gasteiger partial charge in [0.25, 0.3) is 0 Å². The van der Waals surface area contributed by atoms with E-state index in [1.165, 1.54) is 12.1 Å². The van der Waals surface area contributed by atoms with Crippen LogP contribution in [0.1, 0.15) is 12.5 Å².